The first-order valence-electron chi connectivity index (χ1n) is 9.73. The Morgan fingerprint density at radius 2 is 2.19 bits per heavy atom. The van der Waals surface area contributed by atoms with Gasteiger partial charge in [0, 0.05) is 18.1 Å². The van der Waals surface area contributed by atoms with Gasteiger partial charge in [-0.2, -0.15) is 9.90 Å². The highest BCUT2D eigenvalue weighted by molar-refractivity contribution is 6.30. The average Bonchev–Trinajstić information content (AvgIpc) is 3.03. The molecule has 7 heteroatoms. The highest BCUT2D eigenvalue weighted by Gasteiger charge is 2.17. The number of nitrogens with zero attached hydrogens (tertiary/aromatic N) is 4. The van der Waals surface area contributed by atoms with Crippen molar-refractivity contribution in [2.24, 2.45) is 5.92 Å². The Morgan fingerprint density at radius 1 is 1.33 bits per heavy atom. The Kier molecular flexibility index (Phi) is 6.85. The van der Waals surface area contributed by atoms with E-state index in [2.05, 4.69) is 27.3 Å². The van der Waals surface area contributed by atoms with Gasteiger partial charge in [0.1, 0.15) is 0 Å². The molecule has 6 nitrogen and oxygen atoms in total. The first-order valence-corrected chi connectivity index (χ1v) is 10.1. The van der Waals surface area contributed by atoms with Gasteiger partial charge in [-0.25, -0.2) is 0 Å². The summed E-state index contributed by atoms with van der Waals surface area (Å²) in [5.74, 6) is 0.635. The van der Waals surface area contributed by atoms with E-state index in [1.807, 2.05) is 12.1 Å². The van der Waals surface area contributed by atoms with Gasteiger partial charge in [-0.3, -0.25) is 4.79 Å². The first-order chi connectivity index (χ1) is 13.0. The Balaban J connectivity index is 1.46. The predicted octanol–water partition coefficient (Wildman–Crippen LogP) is 3.47. The molecule has 1 unspecified atom stereocenters. The van der Waals surface area contributed by atoms with Crippen LogP contribution in [0, 0.1) is 12.8 Å². The Morgan fingerprint density at radius 3 is 2.96 bits per heavy atom. The largest absolute Gasteiger partial charge is 0.351 e. The second-order valence-corrected chi connectivity index (χ2v) is 7.85. The summed E-state index contributed by atoms with van der Waals surface area (Å²) in [6.07, 6.45) is 4.72. The van der Waals surface area contributed by atoms with Gasteiger partial charge in [-0.1, -0.05) is 24.6 Å². The van der Waals surface area contributed by atoms with Crippen LogP contribution < -0.4 is 5.32 Å². The highest BCUT2D eigenvalue weighted by atomic mass is 35.5. The van der Waals surface area contributed by atoms with E-state index in [1.165, 1.54) is 30.7 Å². The standard InChI is InChI=1S/C20H28ClN5O/c1-15-7-6-12-25(14-15)11-4-3-10-22-20(27)19-16(2)23-26(24-19)18-9-5-8-17(21)13-18/h5,8-9,13,15H,3-4,6-7,10-12,14H2,1-2H3,(H,22,27). The molecule has 1 fully saturated rings. The maximum absolute atomic E-state index is 12.4. The molecule has 0 bridgehead atoms. The number of halogens is 1. The molecule has 0 spiro atoms. The minimum atomic E-state index is -0.174. The summed E-state index contributed by atoms with van der Waals surface area (Å²) in [5.41, 5.74) is 1.70. The zero-order valence-electron chi connectivity index (χ0n) is 16.1. The van der Waals surface area contributed by atoms with Crippen molar-refractivity contribution in [2.75, 3.05) is 26.2 Å². The Hall–Kier alpha value is -1.92. The minimum Gasteiger partial charge on any atom is -0.351 e. The van der Waals surface area contributed by atoms with Gasteiger partial charge in [0.2, 0.25) is 0 Å². The molecule has 1 atom stereocenters. The maximum atomic E-state index is 12.4. The van der Waals surface area contributed by atoms with E-state index >= 15 is 0 Å². The highest BCUT2D eigenvalue weighted by Crippen LogP contribution is 2.16. The number of carbonyl (C=O) groups excluding carboxylic acids is 1. The van der Waals surface area contributed by atoms with Gasteiger partial charge in [-0.15, -0.1) is 5.10 Å². The molecule has 1 amide bonds. The van der Waals surface area contributed by atoms with Crippen LogP contribution >= 0.6 is 11.6 Å². The number of rotatable bonds is 7. The van der Waals surface area contributed by atoms with Crippen molar-refractivity contribution in [1.82, 2.24) is 25.2 Å². The smallest absolute Gasteiger partial charge is 0.273 e. The first kappa shape index (κ1) is 19.8. The molecule has 1 aliphatic heterocycles. The van der Waals surface area contributed by atoms with Gasteiger partial charge in [-0.05, 0) is 69.8 Å². The summed E-state index contributed by atoms with van der Waals surface area (Å²) in [5, 5.41) is 12.2. The SMILES string of the molecule is Cc1nn(-c2cccc(Cl)c2)nc1C(=O)NCCCCN1CCCC(C)C1. The number of aryl methyl sites for hydroxylation is 1. The number of amides is 1. The number of hydrogen-bond acceptors (Lipinski definition) is 4. The fraction of sp³-hybridized carbons (Fsp3) is 0.550. The third-order valence-corrected chi connectivity index (χ3v) is 5.20. The molecule has 1 aliphatic rings. The summed E-state index contributed by atoms with van der Waals surface area (Å²) in [6, 6.07) is 7.25. The minimum absolute atomic E-state index is 0.174. The van der Waals surface area contributed by atoms with Gasteiger partial charge < -0.3 is 10.2 Å². The van der Waals surface area contributed by atoms with E-state index in [1.54, 1.807) is 19.1 Å². The van der Waals surface area contributed by atoms with Gasteiger partial charge in [0.05, 0.1) is 11.4 Å². The van der Waals surface area contributed by atoms with Crippen LogP contribution in [0.15, 0.2) is 24.3 Å². The van der Waals surface area contributed by atoms with Crippen LogP contribution in [0.25, 0.3) is 5.69 Å². The molecular formula is C20H28ClN5O. The average molecular weight is 390 g/mol. The van der Waals surface area contributed by atoms with Crippen LogP contribution in [-0.2, 0) is 0 Å². The molecule has 3 rings (SSSR count). The molecule has 27 heavy (non-hydrogen) atoms. The second kappa shape index (κ2) is 9.33. The number of piperidine rings is 1. The van der Waals surface area contributed by atoms with E-state index in [9.17, 15) is 4.79 Å². The molecule has 0 radical (unpaired) electrons. The fourth-order valence-corrected chi connectivity index (χ4v) is 3.72. The second-order valence-electron chi connectivity index (χ2n) is 7.41. The van der Waals surface area contributed by atoms with Gasteiger partial charge in [0.25, 0.3) is 5.91 Å². The van der Waals surface area contributed by atoms with Gasteiger partial charge in [0.15, 0.2) is 5.69 Å². The monoisotopic (exact) mass is 389 g/mol. The van der Waals surface area contributed by atoms with Crippen molar-refractivity contribution >= 4 is 17.5 Å². The predicted molar refractivity (Wildman–Crippen MR) is 108 cm³/mol. The third-order valence-electron chi connectivity index (χ3n) is 4.96. The van der Waals surface area contributed by atoms with Crippen molar-refractivity contribution in [3.63, 3.8) is 0 Å². The van der Waals surface area contributed by atoms with E-state index in [-0.39, 0.29) is 5.91 Å². The van der Waals surface area contributed by atoms with Crippen LogP contribution in [0.4, 0.5) is 0 Å². The van der Waals surface area contributed by atoms with Crippen LogP contribution in [-0.4, -0.2) is 52.0 Å². The molecule has 2 aromatic rings. The Bertz CT molecular complexity index is 775. The van der Waals surface area contributed by atoms with E-state index in [4.69, 9.17) is 11.6 Å². The van der Waals surface area contributed by atoms with Crippen LogP contribution in [0.1, 0.15) is 48.8 Å². The number of benzene rings is 1. The van der Waals surface area contributed by atoms with Crippen LogP contribution in [0.2, 0.25) is 5.02 Å². The van der Waals surface area contributed by atoms with Crippen molar-refractivity contribution in [3.8, 4) is 5.69 Å². The molecule has 2 heterocycles. The van der Waals surface area contributed by atoms with Crippen molar-refractivity contribution in [1.29, 1.82) is 0 Å². The molecular weight excluding hydrogens is 362 g/mol. The quantitative estimate of drug-likeness (QED) is 0.736. The van der Waals surface area contributed by atoms with Crippen molar-refractivity contribution in [2.45, 2.75) is 39.5 Å². The number of nitrogens with one attached hydrogen (secondary N) is 1. The van der Waals surface area contributed by atoms with E-state index in [0.717, 1.165) is 31.0 Å². The van der Waals surface area contributed by atoms with Crippen molar-refractivity contribution in [3.05, 3.63) is 40.7 Å². The number of unbranched alkanes of at least 4 members (excludes halogenated alkanes) is 1. The summed E-state index contributed by atoms with van der Waals surface area (Å²) < 4.78 is 0. The topological polar surface area (TPSA) is 63.1 Å². The number of carbonyl (C=O) groups is 1. The normalized spacial score (nSPS) is 17.8. The van der Waals surface area contributed by atoms with Crippen molar-refractivity contribution < 1.29 is 4.79 Å². The summed E-state index contributed by atoms with van der Waals surface area (Å²) in [7, 11) is 0. The molecule has 1 aromatic heterocycles. The van der Waals surface area contributed by atoms with E-state index in [0.29, 0.717) is 23.0 Å². The number of aromatic nitrogens is 3. The molecule has 1 aromatic carbocycles. The summed E-state index contributed by atoms with van der Waals surface area (Å²) >= 11 is 6.01. The summed E-state index contributed by atoms with van der Waals surface area (Å²) in [6.45, 7) is 8.31. The summed E-state index contributed by atoms with van der Waals surface area (Å²) in [4.78, 5) is 16.4. The lowest BCUT2D eigenvalue weighted by atomic mass is 10.0. The van der Waals surface area contributed by atoms with Crippen LogP contribution in [0.5, 0.6) is 0 Å². The third kappa shape index (κ3) is 5.53. The lowest BCUT2D eigenvalue weighted by Crippen LogP contribution is -2.35. The van der Waals surface area contributed by atoms with Gasteiger partial charge >= 0.3 is 0 Å². The lowest BCUT2D eigenvalue weighted by molar-refractivity contribution is 0.0946. The Labute approximate surface area is 165 Å². The molecule has 1 N–H and O–H groups in total. The zero-order chi connectivity index (χ0) is 19.2. The molecule has 0 saturated carbocycles. The van der Waals surface area contributed by atoms with Crippen LogP contribution in [0.3, 0.4) is 0 Å². The lowest BCUT2D eigenvalue weighted by Gasteiger charge is -2.30. The number of hydrogen-bond donors (Lipinski definition) is 1. The molecule has 1 saturated heterocycles. The molecule has 0 aliphatic carbocycles. The number of likely N-dealkylation sites (tertiary alicyclic amines) is 1. The maximum Gasteiger partial charge on any atom is 0.273 e. The molecule has 146 valence electrons. The fourth-order valence-electron chi connectivity index (χ4n) is 3.54. The zero-order valence-corrected chi connectivity index (χ0v) is 16.9. The van der Waals surface area contributed by atoms with E-state index < -0.39 is 0 Å².